The van der Waals surface area contributed by atoms with Crippen LogP contribution in [0.1, 0.15) is 30.3 Å². The summed E-state index contributed by atoms with van der Waals surface area (Å²) >= 11 is 0. The maximum absolute atomic E-state index is 11.3. The molecule has 1 heterocycles. The van der Waals surface area contributed by atoms with Gasteiger partial charge < -0.3 is 10.4 Å². The molecule has 0 radical (unpaired) electrons. The van der Waals surface area contributed by atoms with Crippen LogP contribution in [0.25, 0.3) is 10.9 Å². The molecule has 1 fully saturated rings. The van der Waals surface area contributed by atoms with E-state index in [9.17, 15) is 9.90 Å². The van der Waals surface area contributed by atoms with Gasteiger partial charge in [0.15, 0.2) is 5.69 Å². The summed E-state index contributed by atoms with van der Waals surface area (Å²) in [5, 5.41) is 21.2. The Morgan fingerprint density at radius 1 is 1.40 bits per heavy atom. The number of hydrogen-bond donors (Lipinski definition) is 2. The molecule has 2 N–H and O–H groups in total. The zero-order valence-electron chi connectivity index (χ0n) is 11.3. The van der Waals surface area contributed by atoms with Crippen molar-refractivity contribution in [2.24, 2.45) is 11.8 Å². The summed E-state index contributed by atoms with van der Waals surface area (Å²) in [5.41, 5.74) is 1.28. The fraction of sp³-hybridized carbons (Fsp3) is 0.400. The summed E-state index contributed by atoms with van der Waals surface area (Å²) < 4.78 is 0. The zero-order chi connectivity index (χ0) is 14.1. The minimum atomic E-state index is -1.05. The summed E-state index contributed by atoms with van der Waals surface area (Å²) in [6.07, 6.45) is 2.56. The molecule has 20 heavy (non-hydrogen) atoms. The average Bonchev–Trinajstić information content (AvgIpc) is 3.28. The van der Waals surface area contributed by atoms with Crippen LogP contribution < -0.4 is 5.32 Å². The maximum Gasteiger partial charge on any atom is 0.358 e. The van der Waals surface area contributed by atoms with Gasteiger partial charge in [-0.2, -0.15) is 0 Å². The first-order valence-electron chi connectivity index (χ1n) is 6.89. The highest BCUT2D eigenvalue weighted by Crippen LogP contribution is 2.37. The van der Waals surface area contributed by atoms with Crippen molar-refractivity contribution in [2.75, 3.05) is 11.9 Å². The molecule has 0 saturated heterocycles. The molecule has 0 amide bonds. The fourth-order valence-electron chi connectivity index (χ4n) is 2.48. The fourth-order valence-corrected chi connectivity index (χ4v) is 2.48. The number of benzene rings is 1. The van der Waals surface area contributed by atoms with Gasteiger partial charge in [-0.3, -0.25) is 0 Å². The molecule has 104 valence electrons. The Labute approximate surface area is 117 Å². The topological polar surface area (TPSA) is 75.1 Å². The molecule has 0 aliphatic heterocycles. The molecule has 1 unspecified atom stereocenters. The summed E-state index contributed by atoms with van der Waals surface area (Å²) in [6.45, 7) is 2.96. The Morgan fingerprint density at radius 3 is 2.85 bits per heavy atom. The zero-order valence-corrected chi connectivity index (χ0v) is 11.3. The van der Waals surface area contributed by atoms with E-state index in [4.69, 9.17) is 0 Å². The van der Waals surface area contributed by atoms with Crippen LogP contribution >= 0.6 is 0 Å². The number of carboxylic acids is 1. The van der Waals surface area contributed by atoms with Crippen LogP contribution in [0.3, 0.4) is 0 Å². The molecule has 2 aromatic rings. The van der Waals surface area contributed by atoms with Crippen LogP contribution in [-0.4, -0.2) is 27.8 Å². The molecule has 5 nitrogen and oxygen atoms in total. The number of anilines is 1. The van der Waals surface area contributed by atoms with Crippen LogP contribution in [0.5, 0.6) is 0 Å². The molecule has 1 aromatic heterocycles. The van der Waals surface area contributed by atoms with Gasteiger partial charge in [0.1, 0.15) is 0 Å². The number of carboxylic acid groups (broad SMARTS) is 1. The smallest absolute Gasteiger partial charge is 0.358 e. The van der Waals surface area contributed by atoms with Gasteiger partial charge in [0.2, 0.25) is 0 Å². The molecular formula is C15H17N3O2. The van der Waals surface area contributed by atoms with Crippen LogP contribution in [0.2, 0.25) is 0 Å². The molecule has 1 aliphatic carbocycles. The number of hydrogen-bond acceptors (Lipinski definition) is 4. The van der Waals surface area contributed by atoms with E-state index in [0.29, 0.717) is 17.1 Å². The van der Waals surface area contributed by atoms with Gasteiger partial charge in [-0.25, -0.2) is 4.79 Å². The van der Waals surface area contributed by atoms with Gasteiger partial charge in [-0.1, -0.05) is 25.1 Å². The highest BCUT2D eigenvalue weighted by atomic mass is 16.4. The van der Waals surface area contributed by atoms with Crippen molar-refractivity contribution in [3.63, 3.8) is 0 Å². The normalized spacial score (nSPS) is 16.1. The molecule has 1 atom stereocenters. The van der Waals surface area contributed by atoms with Gasteiger partial charge in [-0.15, -0.1) is 10.2 Å². The highest BCUT2D eigenvalue weighted by Gasteiger charge is 2.28. The van der Waals surface area contributed by atoms with E-state index in [1.165, 1.54) is 12.8 Å². The number of aromatic nitrogens is 2. The predicted octanol–water partition coefficient (Wildman–Crippen LogP) is 2.79. The minimum Gasteiger partial charge on any atom is -0.476 e. The maximum atomic E-state index is 11.3. The van der Waals surface area contributed by atoms with E-state index in [1.54, 1.807) is 0 Å². The average molecular weight is 271 g/mol. The van der Waals surface area contributed by atoms with Crippen molar-refractivity contribution in [1.82, 2.24) is 10.2 Å². The van der Waals surface area contributed by atoms with E-state index >= 15 is 0 Å². The Hall–Kier alpha value is -2.17. The number of fused-ring (bicyclic) bond motifs is 1. The number of nitrogens with zero attached hydrogens (tertiary/aromatic N) is 2. The van der Waals surface area contributed by atoms with E-state index in [1.807, 2.05) is 24.3 Å². The number of carbonyl (C=O) groups is 1. The van der Waals surface area contributed by atoms with E-state index in [-0.39, 0.29) is 5.69 Å². The Balaban J connectivity index is 1.96. The monoisotopic (exact) mass is 271 g/mol. The van der Waals surface area contributed by atoms with Crippen molar-refractivity contribution < 1.29 is 9.90 Å². The van der Waals surface area contributed by atoms with E-state index < -0.39 is 5.97 Å². The second-order valence-corrected chi connectivity index (χ2v) is 5.44. The second kappa shape index (κ2) is 5.07. The summed E-state index contributed by atoms with van der Waals surface area (Å²) in [6, 6.07) is 7.46. The molecule has 1 aliphatic rings. The van der Waals surface area contributed by atoms with Crippen molar-refractivity contribution in [3.05, 3.63) is 30.0 Å². The van der Waals surface area contributed by atoms with Crippen LogP contribution in [-0.2, 0) is 0 Å². The third-order valence-electron chi connectivity index (χ3n) is 3.90. The van der Waals surface area contributed by atoms with Crippen molar-refractivity contribution in [3.8, 4) is 0 Å². The highest BCUT2D eigenvalue weighted by molar-refractivity contribution is 6.02. The number of rotatable bonds is 5. The lowest BCUT2D eigenvalue weighted by molar-refractivity contribution is 0.0690. The Kier molecular flexibility index (Phi) is 3.26. The molecule has 0 spiro atoms. The van der Waals surface area contributed by atoms with Gasteiger partial charge in [0.05, 0.1) is 11.2 Å². The predicted molar refractivity (Wildman–Crippen MR) is 76.9 cm³/mol. The molecule has 0 bridgehead atoms. The largest absolute Gasteiger partial charge is 0.476 e. The SMILES string of the molecule is CC(CNc1c(C(=O)O)nnc2ccccc12)C1CC1. The Bertz CT molecular complexity index is 653. The van der Waals surface area contributed by atoms with Crippen molar-refractivity contribution in [2.45, 2.75) is 19.8 Å². The third kappa shape index (κ3) is 2.43. The van der Waals surface area contributed by atoms with E-state index in [2.05, 4.69) is 22.4 Å². The van der Waals surface area contributed by atoms with Crippen LogP contribution in [0, 0.1) is 11.8 Å². The molecule has 1 aromatic carbocycles. The van der Waals surface area contributed by atoms with Crippen LogP contribution in [0.15, 0.2) is 24.3 Å². The van der Waals surface area contributed by atoms with Crippen molar-refractivity contribution >= 4 is 22.6 Å². The standard InChI is InChI=1S/C15H17N3O2/c1-9(10-6-7-10)8-16-13-11-4-2-3-5-12(11)17-18-14(13)15(19)20/h2-5,9-10H,6-8H2,1H3,(H,16,17)(H,19,20). The first-order chi connectivity index (χ1) is 9.66. The molecule has 1 saturated carbocycles. The second-order valence-electron chi connectivity index (χ2n) is 5.44. The van der Waals surface area contributed by atoms with Crippen molar-refractivity contribution in [1.29, 1.82) is 0 Å². The number of nitrogens with one attached hydrogen (secondary N) is 1. The molecule has 3 rings (SSSR count). The summed E-state index contributed by atoms with van der Waals surface area (Å²) in [7, 11) is 0. The molecule has 5 heteroatoms. The Morgan fingerprint density at radius 2 is 2.15 bits per heavy atom. The van der Waals surface area contributed by atoms with Gasteiger partial charge in [0, 0.05) is 11.9 Å². The van der Waals surface area contributed by atoms with Gasteiger partial charge in [0.25, 0.3) is 0 Å². The van der Waals surface area contributed by atoms with E-state index in [0.717, 1.165) is 17.8 Å². The summed E-state index contributed by atoms with van der Waals surface area (Å²) in [4.78, 5) is 11.3. The lowest BCUT2D eigenvalue weighted by atomic mass is 10.1. The molecular weight excluding hydrogens is 254 g/mol. The number of aromatic carboxylic acids is 1. The third-order valence-corrected chi connectivity index (χ3v) is 3.90. The van der Waals surface area contributed by atoms with Gasteiger partial charge in [-0.05, 0) is 30.7 Å². The van der Waals surface area contributed by atoms with Gasteiger partial charge >= 0.3 is 5.97 Å². The first kappa shape index (κ1) is 12.8. The first-order valence-corrected chi connectivity index (χ1v) is 6.89. The quantitative estimate of drug-likeness (QED) is 0.874. The summed E-state index contributed by atoms with van der Waals surface area (Å²) in [5.74, 6) is 0.269. The van der Waals surface area contributed by atoms with Crippen LogP contribution in [0.4, 0.5) is 5.69 Å². The lowest BCUT2D eigenvalue weighted by Crippen LogP contribution is -2.16. The lowest BCUT2D eigenvalue weighted by Gasteiger charge is -2.15. The minimum absolute atomic E-state index is 0.00769.